The van der Waals surface area contributed by atoms with Crippen molar-refractivity contribution in [3.8, 4) is 17.1 Å². The van der Waals surface area contributed by atoms with E-state index in [0.717, 1.165) is 11.3 Å². The minimum Gasteiger partial charge on any atom is -0.393 e. The molecule has 0 fully saturated rings. The standard InChI is InChI=1S/C28H25N2.C26H20BN4.Ir/c1-17-15-16-21-24-22(17)19-13-9-10-14-20(19)26-29-23(18-11-7-6-8-12-18)25(30(24)26)28(4,5)27(21,2)3;1-16-8-6-9-17(2)23(16)27-29(3)21-14-15-28-26-25(21)31(27)22-13-7-11-19-18-10-4-5-12-20(18)30(26)24(19)22;/h6-13,15-16H,1-5H3;4-11,13-15H,1-3H3;/q2*-1;/i1D3,4D3,5D3;;. The molecule has 0 N–H and O–H groups in total. The number of anilines is 3. The summed E-state index contributed by atoms with van der Waals surface area (Å²) in [5, 5.41) is 3.98. The van der Waals surface area contributed by atoms with E-state index in [9.17, 15) is 0 Å². The van der Waals surface area contributed by atoms with E-state index in [1.807, 2.05) is 18.3 Å². The van der Waals surface area contributed by atoms with Gasteiger partial charge in [-0.05, 0) is 61.7 Å². The van der Waals surface area contributed by atoms with E-state index in [0.29, 0.717) is 38.4 Å². The molecule has 8 heteroatoms. The first kappa shape index (κ1) is 29.9. The monoisotopic (exact) mass is 990 g/mol. The minimum atomic E-state index is -3.00. The molecule has 13 rings (SSSR count). The van der Waals surface area contributed by atoms with Gasteiger partial charge in [0.2, 0.25) is 0 Å². The van der Waals surface area contributed by atoms with Gasteiger partial charge in [0.05, 0.1) is 33.9 Å². The molecule has 0 spiro atoms. The molecule has 0 saturated carbocycles. The smallest absolute Gasteiger partial charge is 0.393 e. The molecular weight excluding hydrogens is 936 g/mol. The van der Waals surface area contributed by atoms with E-state index in [2.05, 4.69) is 102 Å². The van der Waals surface area contributed by atoms with Crippen LogP contribution in [0, 0.1) is 32.8 Å². The van der Waals surface area contributed by atoms with E-state index in [4.69, 9.17) is 22.3 Å². The van der Waals surface area contributed by atoms with Crippen LogP contribution in [0.2, 0.25) is 0 Å². The number of pyridine rings is 2. The van der Waals surface area contributed by atoms with Gasteiger partial charge in [0.1, 0.15) is 0 Å². The first-order valence-corrected chi connectivity index (χ1v) is 20.6. The number of aryl methyl sites for hydroxylation is 3. The zero-order chi connectivity index (χ0) is 49.2. The summed E-state index contributed by atoms with van der Waals surface area (Å²) in [7, 11) is 2.20. The summed E-state index contributed by atoms with van der Waals surface area (Å²) < 4.78 is 81.8. The molecule has 0 unspecified atom stereocenters. The molecule has 0 atom stereocenters. The van der Waals surface area contributed by atoms with Gasteiger partial charge in [-0.1, -0.05) is 128 Å². The fourth-order valence-electron chi connectivity index (χ4n) is 10.6. The van der Waals surface area contributed by atoms with Gasteiger partial charge in [0.15, 0.2) is 5.82 Å². The maximum Gasteiger partial charge on any atom is 0.416 e. The molecule has 6 aromatic carbocycles. The fraction of sp³-hybridized carbons (Fsp3) is 0.185. The van der Waals surface area contributed by atoms with Crippen LogP contribution in [-0.4, -0.2) is 33.0 Å². The predicted molar refractivity (Wildman–Crippen MR) is 255 cm³/mol. The van der Waals surface area contributed by atoms with Gasteiger partial charge in [0.25, 0.3) is 0 Å². The topological polar surface area (TPSA) is 41.6 Å². The van der Waals surface area contributed by atoms with Crippen molar-refractivity contribution in [3.63, 3.8) is 0 Å². The van der Waals surface area contributed by atoms with Crippen LogP contribution in [0.15, 0.2) is 128 Å². The van der Waals surface area contributed by atoms with Crippen molar-refractivity contribution in [1.82, 2.24) is 18.9 Å². The number of nitrogens with zero attached hydrogens (tertiary/aromatic N) is 6. The van der Waals surface area contributed by atoms with Crippen molar-refractivity contribution in [2.45, 2.75) is 59.1 Å². The summed E-state index contributed by atoms with van der Waals surface area (Å²) in [6, 6.07) is 45.5. The second-order valence-corrected chi connectivity index (χ2v) is 17.2. The van der Waals surface area contributed by atoms with Crippen LogP contribution in [-0.2, 0) is 30.9 Å². The SMILES string of the molecule is Cc1cccc(C)c1B1N(C)c2ccnc3c2N1c1cccc2c4ccc[c-]c4n-3c12.[2H]C([2H])([2H])c1ccc2c3c1c1ccc[c-]c1c1nc(-c4ccccc4)c(n13)C(C([2H])([2H])[2H])(C([2H])([2H])[2H])C2(C)C.[Ir]. The molecule has 4 aromatic heterocycles. The van der Waals surface area contributed by atoms with Crippen LogP contribution < -0.4 is 15.1 Å². The van der Waals surface area contributed by atoms with Crippen molar-refractivity contribution < 1.29 is 32.4 Å². The van der Waals surface area contributed by atoms with Gasteiger partial charge in [-0.15, -0.1) is 35.0 Å². The summed E-state index contributed by atoms with van der Waals surface area (Å²) in [4.78, 5) is 14.7. The Bertz CT molecular complexity index is 3820. The molecule has 6 nitrogen and oxygen atoms in total. The van der Waals surface area contributed by atoms with E-state index in [1.54, 1.807) is 66.8 Å². The van der Waals surface area contributed by atoms with Crippen LogP contribution in [0.25, 0.3) is 66.2 Å². The number of aromatic nitrogens is 4. The molecule has 62 heavy (non-hydrogen) atoms. The normalized spacial score (nSPS) is 17.9. The van der Waals surface area contributed by atoms with E-state index in [1.165, 1.54) is 56.0 Å². The molecule has 10 aromatic rings. The van der Waals surface area contributed by atoms with Crippen molar-refractivity contribution in [2.24, 2.45) is 0 Å². The molecule has 7 heterocycles. The number of hydrogen-bond acceptors (Lipinski definition) is 4. The first-order chi connectivity index (χ1) is 33.2. The summed E-state index contributed by atoms with van der Waals surface area (Å²) >= 11 is 0. The molecule has 1 radical (unpaired) electrons. The minimum absolute atomic E-state index is 0. The van der Waals surface area contributed by atoms with Gasteiger partial charge in [-0.2, -0.15) is 24.3 Å². The Hall–Kier alpha value is -6.21. The second-order valence-electron chi connectivity index (χ2n) is 17.2. The van der Waals surface area contributed by atoms with Gasteiger partial charge >= 0.3 is 6.98 Å². The molecule has 0 aliphatic carbocycles. The third-order valence-electron chi connectivity index (χ3n) is 13.6. The summed E-state index contributed by atoms with van der Waals surface area (Å²) in [5.74, 6) is 0.985. The predicted octanol–water partition coefficient (Wildman–Crippen LogP) is 11.9. The number of rotatable bonds is 2. The largest absolute Gasteiger partial charge is 0.416 e. The Labute approximate surface area is 389 Å². The molecule has 0 saturated heterocycles. The van der Waals surface area contributed by atoms with Crippen LogP contribution in [0.3, 0.4) is 0 Å². The molecule has 3 aliphatic heterocycles. The first-order valence-electron chi connectivity index (χ1n) is 25.1. The third kappa shape index (κ3) is 4.85. The van der Waals surface area contributed by atoms with E-state index < -0.39 is 31.4 Å². The van der Waals surface area contributed by atoms with Crippen molar-refractivity contribution in [1.29, 1.82) is 0 Å². The number of hydrogen-bond donors (Lipinski definition) is 0. The average molecular weight is 990 g/mol. The Morgan fingerprint density at radius 3 is 2.23 bits per heavy atom. The summed E-state index contributed by atoms with van der Waals surface area (Å²) in [6.07, 6.45) is 1.93. The van der Waals surface area contributed by atoms with Gasteiger partial charge in [-0.3, -0.25) is 4.98 Å². The van der Waals surface area contributed by atoms with E-state index >= 15 is 0 Å². The van der Waals surface area contributed by atoms with Crippen LogP contribution in [0.5, 0.6) is 0 Å². The quantitative estimate of drug-likeness (QED) is 0.0983. The number of imidazole rings is 1. The number of para-hydroxylation sites is 2. The Kier molecular flexibility index (Phi) is 6.47. The van der Waals surface area contributed by atoms with Gasteiger partial charge < -0.3 is 18.6 Å². The molecular formula is C54H45BIrN6-2. The van der Waals surface area contributed by atoms with Gasteiger partial charge in [-0.25, -0.2) is 4.98 Å². The van der Waals surface area contributed by atoms with Crippen LogP contribution in [0.4, 0.5) is 17.1 Å². The third-order valence-corrected chi connectivity index (χ3v) is 13.6. The maximum atomic E-state index is 8.82. The summed E-state index contributed by atoms with van der Waals surface area (Å²) in [6.45, 7) is -0.691. The number of fused-ring (bicyclic) bond motifs is 8. The van der Waals surface area contributed by atoms with Crippen molar-refractivity contribution in [2.75, 3.05) is 16.7 Å². The molecule has 305 valence electrons. The van der Waals surface area contributed by atoms with E-state index in [-0.39, 0.29) is 44.0 Å². The van der Waals surface area contributed by atoms with Gasteiger partial charge in [0, 0.05) is 66.2 Å². The summed E-state index contributed by atoms with van der Waals surface area (Å²) in [5.41, 5.74) is 8.19. The Balaban J connectivity index is 0.000000155. The zero-order valence-corrected chi connectivity index (χ0v) is 37.1. The zero-order valence-electron chi connectivity index (χ0n) is 43.7. The Morgan fingerprint density at radius 1 is 0.710 bits per heavy atom. The molecule has 0 amide bonds. The van der Waals surface area contributed by atoms with Crippen molar-refractivity contribution in [3.05, 3.63) is 168 Å². The molecule has 3 aliphatic rings. The fourth-order valence-corrected chi connectivity index (χ4v) is 10.6. The maximum absolute atomic E-state index is 8.82. The second kappa shape index (κ2) is 13.4. The number of benzene rings is 6. The Morgan fingerprint density at radius 2 is 1.45 bits per heavy atom. The van der Waals surface area contributed by atoms with Crippen LogP contribution in [0.1, 0.15) is 67.8 Å². The van der Waals surface area contributed by atoms with Crippen molar-refractivity contribution >= 4 is 78.6 Å². The molecule has 0 bridgehead atoms. The van der Waals surface area contributed by atoms with Crippen LogP contribution >= 0.6 is 0 Å². The average Bonchev–Trinajstić information content (AvgIpc) is 3.97.